The summed E-state index contributed by atoms with van der Waals surface area (Å²) in [5, 5.41) is 2.43. The number of ether oxygens (including phenoxy) is 6. The second-order valence-electron chi connectivity index (χ2n) is 7.04. The predicted octanol–water partition coefficient (Wildman–Crippen LogP) is 2.03. The van der Waals surface area contributed by atoms with E-state index < -0.39 is 71.1 Å². The van der Waals surface area contributed by atoms with Crippen LogP contribution in [0.5, 0.6) is 0 Å². The summed E-state index contributed by atoms with van der Waals surface area (Å²) in [7, 11) is 0. The molecule has 0 bridgehead atoms. The zero-order chi connectivity index (χ0) is 24.6. The van der Waals surface area contributed by atoms with Gasteiger partial charge in [0.05, 0.1) is 6.10 Å². The zero-order valence-electron chi connectivity index (χ0n) is 18.1. The number of carbonyl (C=O) groups excluding carboxylic acids is 4. The van der Waals surface area contributed by atoms with E-state index in [-0.39, 0.29) is 6.61 Å². The van der Waals surface area contributed by atoms with Gasteiger partial charge >= 0.3 is 24.0 Å². The maximum absolute atomic E-state index is 12.3. The number of hydrogen-bond acceptors (Lipinski definition) is 10. The molecule has 1 rings (SSSR count). The molecule has 0 saturated carbocycles. The summed E-state index contributed by atoms with van der Waals surface area (Å²) in [6, 6.07) is -1.21. The molecule has 0 unspecified atom stereocenters. The fourth-order valence-corrected chi connectivity index (χ4v) is 2.93. The summed E-state index contributed by atoms with van der Waals surface area (Å²) < 4.78 is 30.1. The van der Waals surface area contributed by atoms with Crippen molar-refractivity contribution in [2.75, 3.05) is 13.2 Å². The summed E-state index contributed by atoms with van der Waals surface area (Å²) >= 11 is 16.7. The summed E-state index contributed by atoms with van der Waals surface area (Å²) in [6.45, 7) is 5.91. The second-order valence-corrected chi connectivity index (χ2v) is 9.56. The Labute approximate surface area is 200 Å². The van der Waals surface area contributed by atoms with Crippen molar-refractivity contribution in [2.24, 2.45) is 0 Å². The lowest BCUT2D eigenvalue weighted by Crippen LogP contribution is -2.67. The zero-order valence-corrected chi connectivity index (χ0v) is 20.4. The molecule has 1 amide bonds. The van der Waals surface area contributed by atoms with Crippen molar-refractivity contribution in [1.82, 2.24) is 5.32 Å². The van der Waals surface area contributed by atoms with Crippen molar-refractivity contribution in [1.29, 1.82) is 0 Å². The van der Waals surface area contributed by atoms with Crippen molar-refractivity contribution in [3.05, 3.63) is 0 Å². The van der Waals surface area contributed by atoms with Gasteiger partial charge in [-0.25, -0.2) is 4.79 Å². The molecule has 0 aliphatic carbocycles. The lowest BCUT2D eigenvalue weighted by atomic mass is 9.96. The molecular weight excluding hydrogens is 497 g/mol. The average Bonchev–Trinajstić information content (AvgIpc) is 2.61. The first-order valence-electron chi connectivity index (χ1n) is 9.48. The van der Waals surface area contributed by atoms with Crippen LogP contribution in [-0.2, 0) is 42.8 Å². The highest BCUT2D eigenvalue weighted by Crippen LogP contribution is 2.29. The Morgan fingerprint density at radius 3 is 1.97 bits per heavy atom. The van der Waals surface area contributed by atoms with Crippen LogP contribution >= 0.6 is 34.8 Å². The van der Waals surface area contributed by atoms with Crippen molar-refractivity contribution in [3.8, 4) is 0 Å². The van der Waals surface area contributed by atoms with Crippen LogP contribution in [0.3, 0.4) is 0 Å². The standard InChI is InChI=1S/C18H26Cl3NO10/c1-8(2)29-16-13(22-17(26)28-7-18(19,20)21)15(31-11(5)25)14(30-10(4)24)12(32-16)6-27-9(3)23/h8,12-16H,6-7H2,1-5H3,(H,22,26)/t12-,13-,14-,15-,16+/m1/s1. The van der Waals surface area contributed by atoms with Crippen LogP contribution in [0.25, 0.3) is 0 Å². The summed E-state index contributed by atoms with van der Waals surface area (Å²) in [6.07, 6.45) is -6.30. The van der Waals surface area contributed by atoms with Gasteiger partial charge in [-0.05, 0) is 13.8 Å². The van der Waals surface area contributed by atoms with Gasteiger partial charge in [-0.1, -0.05) is 34.8 Å². The third kappa shape index (κ3) is 10.4. The van der Waals surface area contributed by atoms with Crippen LogP contribution in [0.4, 0.5) is 4.79 Å². The van der Waals surface area contributed by atoms with E-state index in [1.54, 1.807) is 13.8 Å². The highest BCUT2D eigenvalue weighted by Gasteiger charge is 2.52. The monoisotopic (exact) mass is 521 g/mol. The lowest BCUT2D eigenvalue weighted by Gasteiger charge is -2.45. The SMILES string of the molecule is CC(=O)OC[C@H]1O[C@H](OC(C)C)[C@H](NC(=O)OCC(Cl)(Cl)Cl)[C@@H](OC(C)=O)[C@@H]1OC(C)=O. The van der Waals surface area contributed by atoms with Gasteiger partial charge in [0.2, 0.25) is 3.79 Å². The molecule has 1 fully saturated rings. The molecule has 0 aromatic rings. The van der Waals surface area contributed by atoms with E-state index in [1.165, 1.54) is 6.92 Å². The van der Waals surface area contributed by atoms with Crippen LogP contribution in [0.2, 0.25) is 0 Å². The molecule has 0 radical (unpaired) electrons. The quantitative estimate of drug-likeness (QED) is 0.286. The fourth-order valence-electron chi connectivity index (χ4n) is 2.77. The summed E-state index contributed by atoms with van der Waals surface area (Å²) in [5.41, 5.74) is 0. The molecule has 5 atom stereocenters. The number of amides is 1. The summed E-state index contributed by atoms with van der Waals surface area (Å²) in [4.78, 5) is 47.1. The fraction of sp³-hybridized carbons (Fsp3) is 0.778. The molecule has 0 aromatic heterocycles. The molecule has 14 heteroatoms. The largest absolute Gasteiger partial charge is 0.463 e. The number of carbonyl (C=O) groups is 4. The lowest BCUT2D eigenvalue weighted by molar-refractivity contribution is -0.284. The van der Waals surface area contributed by atoms with Gasteiger partial charge in [0.1, 0.15) is 25.4 Å². The molecule has 1 heterocycles. The van der Waals surface area contributed by atoms with Crippen molar-refractivity contribution < 1.29 is 47.6 Å². The van der Waals surface area contributed by atoms with E-state index in [1.807, 2.05) is 0 Å². The van der Waals surface area contributed by atoms with E-state index >= 15 is 0 Å². The second kappa shape index (κ2) is 12.6. The molecule has 184 valence electrons. The van der Waals surface area contributed by atoms with Crippen molar-refractivity contribution in [2.45, 2.75) is 75.2 Å². The Bertz CT molecular complexity index is 684. The van der Waals surface area contributed by atoms with Crippen LogP contribution in [0.1, 0.15) is 34.6 Å². The third-order valence-corrected chi connectivity index (χ3v) is 4.09. The van der Waals surface area contributed by atoms with Gasteiger partial charge in [-0.3, -0.25) is 14.4 Å². The van der Waals surface area contributed by atoms with Gasteiger partial charge in [-0.15, -0.1) is 0 Å². The molecule has 1 aliphatic rings. The number of hydrogen-bond donors (Lipinski definition) is 1. The van der Waals surface area contributed by atoms with E-state index in [2.05, 4.69) is 5.32 Å². The van der Waals surface area contributed by atoms with E-state index in [9.17, 15) is 19.2 Å². The minimum Gasteiger partial charge on any atom is -0.463 e. The highest BCUT2D eigenvalue weighted by atomic mass is 35.6. The maximum Gasteiger partial charge on any atom is 0.407 e. The topological polar surface area (TPSA) is 136 Å². The van der Waals surface area contributed by atoms with E-state index in [0.717, 1.165) is 13.8 Å². The molecule has 0 aromatic carbocycles. The molecule has 32 heavy (non-hydrogen) atoms. The summed E-state index contributed by atoms with van der Waals surface area (Å²) in [5.74, 6) is -2.09. The molecule has 11 nitrogen and oxygen atoms in total. The Morgan fingerprint density at radius 1 is 0.938 bits per heavy atom. The smallest absolute Gasteiger partial charge is 0.407 e. The Kier molecular flexibility index (Phi) is 11.3. The normalized spacial score (nSPS) is 25.6. The highest BCUT2D eigenvalue weighted by molar-refractivity contribution is 6.67. The molecule has 0 spiro atoms. The first-order chi connectivity index (χ1) is 14.7. The number of alkyl halides is 3. The van der Waals surface area contributed by atoms with Gasteiger partial charge in [0, 0.05) is 20.8 Å². The first-order valence-corrected chi connectivity index (χ1v) is 10.6. The van der Waals surface area contributed by atoms with E-state index in [0.29, 0.717) is 0 Å². The Morgan fingerprint density at radius 2 is 1.50 bits per heavy atom. The number of alkyl carbamates (subject to hydrolysis) is 1. The van der Waals surface area contributed by atoms with Crippen LogP contribution < -0.4 is 5.32 Å². The van der Waals surface area contributed by atoms with Crippen LogP contribution in [0.15, 0.2) is 0 Å². The number of rotatable bonds is 8. The van der Waals surface area contributed by atoms with Gasteiger partial charge < -0.3 is 33.7 Å². The first kappa shape index (κ1) is 28.5. The van der Waals surface area contributed by atoms with Gasteiger partial charge in [0.15, 0.2) is 18.5 Å². The third-order valence-electron chi connectivity index (χ3n) is 3.76. The molecular formula is C18H26Cl3NO10. The Balaban J connectivity index is 3.27. The number of esters is 3. The molecule has 1 saturated heterocycles. The molecule has 1 N–H and O–H groups in total. The molecule has 1 aliphatic heterocycles. The number of halogens is 3. The number of nitrogens with one attached hydrogen (secondary N) is 1. The van der Waals surface area contributed by atoms with Crippen LogP contribution in [-0.4, -0.2) is 77.8 Å². The maximum atomic E-state index is 12.3. The van der Waals surface area contributed by atoms with Gasteiger partial charge in [0.25, 0.3) is 0 Å². The van der Waals surface area contributed by atoms with Crippen LogP contribution in [0, 0.1) is 0 Å². The average molecular weight is 523 g/mol. The van der Waals surface area contributed by atoms with Crippen molar-refractivity contribution in [3.63, 3.8) is 0 Å². The van der Waals surface area contributed by atoms with E-state index in [4.69, 9.17) is 63.2 Å². The van der Waals surface area contributed by atoms with Gasteiger partial charge in [-0.2, -0.15) is 0 Å². The predicted molar refractivity (Wildman–Crippen MR) is 111 cm³/mol. The minimum absolute atomic E-state index is 0.340. The van der Waals surface area contributed by atoms with Crippen molar-refractivity contribution >= 4 is 58.8 Å². The Hall–Kier alpha value is -1.53. The minimum atomic E-state index is -1.86.